The van der Waals surface area contributed by atoms with Crippen molar-refractivity contribution >= 4 is 11.8 Å². The maximum Gasteiger partial charge on any atom is 0.244 e. The minimum absolute atomic E-state index is 0.601. The van der Waals surface area contributed by atoms with E-state index in [2.05, 4.69) is 39.7 Å². The van der Waals surface area contributed by atoms with Crippen LogP contribution in [-0.4, -0.2) is 28.3 Å². The molecule has 1 aromatic rings. The second kappa shape index (κ2) is 6.98. The molecule has 84 valence electrons. The van der Waals surface area contributed by atoms with Crippen LogP contribution in [0.4, 0.5) is 11.8 Å². The van der Waals surface area contributed by atoms with Crippen molar-refractivity contribution in [2.45, 2.75) is 33.1 Å². The van der Waals surface area contributed by atoms with E-state index >= 15 is 0 Å². The van der Waals surface area contributed by atoms with E-state index in [-0.39, 0.29) is 0 Å². The summed E-state index contributed by atoms with van der Waals surface area (Å²) in [4.78, 5) is 4.29. The zero-order valence-electron chi connectivity index (χ0n) is 9.45. The molecule has 1 aromatic heterocycles. The highest BCUT2D eigenvalue weighted by Crippen LogP contribution is 2.03. The van der Waals surface area contributed by atoms with Crippen molar-refractivity contribution in [3.05, 3.63) is 6.20 Å². The molecule has 0 spiro atoms. The maximum atomic E-state index is 4.29. The Bertz CT molecular complexity index is 276. The molecule has 2 N–H and O–H groups in total. The minimum atomic E-state index is 0.601. The summed E-state index contributed by atoms with van der Waals surface area (Å²) >= 11 is 0. The molecule has 0 aliphatic carbocycles. The van der Waals surface area contributed by atoms with Crippen LogP contribution >= 0.6 is 0 Å². The average Bonchev–Trinajstić information content (AvgIpc) is 2.27. The summed E-state index contributed by atoms with van der Waals surface area (Å²) in [5.41, 5.74) is 0. The van der Waals surface area contributed by atoms with Gasteiger partial charge in [0.05, 0.1) is 6.20 Å². The van der Waals surface area contributed by atoms with Gasteiger partial charge in [0, 0.05) is 13.1 Å². The average molecular weight is 209 g/mol. The van der Waals surface area contributed by atoms with Gasteiger partial charge >= 0.3 is 0 Å². The van der Waals surface area contributed by atoms with E-state index in [0.29, 0.717) is 5.95 Å². The number of hydrogen-bond acceptors (Lipinski definition) is 5. The Morgan fingerprint density at radius 1 is 1.13 bits per heavy atom. The Hall–Kier alpha value is -1.39. The number of unbranched alkanes of at least 4 members (excludes halogenated alkanes) is 1. The van der Waals surface area contributed by atoms with Gasteiger partial charge in [-0.3, -0.25) is 0 Å². The third-order valence-electron chi connectivity index (χ3n) is 1.93. The molecular formula is C10H19N5. The van der Waals surface area contributed by atoms with Gasteiger partial charge in [-0.05, 0) is 12.8 Å². The van der Waals surface area contributed by atoms with E-state index < -0.39 is 0 Å². The quantitative estimate of drug-likeness (QED) is 0.672. The van der Waals surface area contributed by atoms with Gasteiger partial charge in [0.2, 0.25) is 5.95 Å². The van der Waals surface area contributed by atoms with Crippen molar-refractivity contribution in [1.82, 2.24) is 15.2 Å². The summed E-state index contributed by atoms with van der Waals surface area (Å²) in [6, 6.07) is 0. The lowest BCUT2D eigenvalue weighted by Gasteiger charge is -2.05. The maximum absolute atomic E-state index is 4.29. The number of aromatic nitrogens is 3. The third-order valence-corrected chi connectivity index (χ3v) is 1.93. The van der Waals surface area contributed by atoms with E-state index in [1.807, 2.05) is 0 Å². The molecule has 0 aromatic carbocycles. The SMILES string of the molecule is CCCCNc1nncc(NCCC)n1. The Labute approximate surface area is 90.7 Å². The fourth-order valence-corrected chi connectivity index (χ4v) is 1.09. The summed E-state index contributed by atoms with van der Waals surface area (Å²) in [5.74, 6) is 1.38. The number of rotatable bonds is 7. The molecule has 0 aliphatic rings. The molecule has 5 nitrogen and oxygen atoms in total. The van der Waals surface area contributed by atoms with Gasteiger partial charge in [0.15, 0.2) is 0 Å². The standard InChI is InChI=1S/C10H19N5/c1-3-5-7-12-10-14-9(8-13-15-10)11-6-4-2/h8H,3-7H2,1-2H3,(H2,11,12,14,15). The topological polar surface area (TPSA) is 62.7 Å². The molecule has 0 fully saturated rings. The van der Waals surface area contributed by atoms with Gasteiger partial charge in [0.1, 0.15) is 5.82 Å². The molecule has 1 heterocycles. The van der Waals surface area contributed by atoms with Crippen LogP contribution in [0.15, 0.2) is 6.20 Å². The van der Waals surface area contributed by atoms with Crippen LogP contribution in [0.1, 0.15) is 33.1 Å². The molecule has 0 amide bonds. The Morgan fingerprint density at radius 3 is 2.73 bits per heavy atom. The molecular weight excluding hydrogens is 190 g/mol. The smallest absolute Gasteiger partial charge is 0.244 e. The van der Waals surface area contributed by atoms with Crippen LogP contribution in [0.2, 0.25) is 0 Å². The van der Waals surface area contributed by atoms with Gasteiger partial charge in [0.25, 0.3) is 0 Å². The predicted molar refractivity (Wildman–Crippen MR) is 62.0 cm³/mol. The Balaban J connectivity index is 2.42. The lowest BCUT2D eigenvalue weighted by molar-refractivity contribution is 0.818. The van der Waals surface area contributed by atoms with E-state index in [1.165, 1.54) is 0 Å². The molecule has 1 rings (SSSR count). The van der Waals surface area contributed by atoms with Crippen LogP contribution in [0.25, 0.3) is 0 Å². The first-order chi connectivity index (χ1) is 7.36. The molecule has 0 radical (unpaired) electrons. The highest BCUT2D eigenvalue weighted by Gasteiger charge is 1.98. The van der Waals surface area contributed by atoms with Crippen LogP contribution in [0.5, 0.6) is 0 Å². The molecule has 0 atom stereocenters. The van der Waals surface area contributed by atoms with Crippen LogP contribution in [-0.2, 0) is 0 Å². The lowest BCUT2D eigenvalue weighted by atomic mass is 10.3. The first kappa shape index (κ1) is 11.7. The summed E-state index contributed by atoms with van der Waals surface area (Å²) < 4.78 is 0. The Morgan fingerprint density at radius 2 is 2.00 bits per heavy atom. The molecule has 0 saturated heterocycles. The van der Waals surface area contributed by atoms with Crippen molar-refractivity contribution in [3.63, 3.8) is 0 Å². The molecule has 15 heavy (non-hydrogen) atoms. The molecule has 0 bridgehead atoms. The summed E-state index contributed by atoms with van der Waals surface area (Å²) in [6.45, 7) is 6.07. The van der Waals surface area contributed by atoms with E-state index in [4.69, 9.17) is 0 Å². The van der Waals surface area contributed by atoms with E-state index in [1.54, 1.807) is 6.20 Å². The van der Waals surface area contributed by atoms with Crippen molar-refractivity contribution in [2.24, 2.45) is 0 Å². The van der Waals surface area contributed by atoms with Gasteiger partial charge < -0.3 is 10.6 Å². The zero-order chi connectivity index (χ0) is 10.9. The van der Waals surface area contributed by atoms with Gasteiger partial charge in [-0.15, -0.1) is 5.10 Å². The van der Waals surface area contributed by atoms with Crippen molar-refractivity contribution in [1.29, 1.82) is 0 Å². The van der Waals surface area contributed by atoms with Crippen molar-refractivity contribution < 1.29 is 0 Å². The van der Waals surface area contributed by atoms with Gasteiger partial charge in [-0.2, -0.15) is 10.1 Å². The van der Waals surface area contributed by atoms with Crippen molar-refractivity contribution in [3.8, 4) is 0 Å². The summed E-state index contributed by atoms with van der Waals surface area (Å²) in [7, 11) is 0. The highest BCUT2D eigenvalue weighted by molar-refractivity contribution is 5.36. The second-order valence-electron chi connectivity index (χ2n) is 3.37. The largest absolute Gasteiger partial charge is 0.369 e. The fourth-order valence-electron chi connectivity index (χ4n) is 1.09. The van der Waals surface area contributed by atoms with Gasteiger partial charge in [-0.25, -0.2) is 0 Å². The van der Waals surface area contributed by atoms with Crippen LogP contribution < -0.4 is 10.6 Å². The third kappa shape index (κ3) is 4.58. The van der Waals surface area contributed by atoms with Gasteiger partial charge in [-0.1, -0.05) is 20.3 Å². The molecule has 0 saturated carbocycles. The monoisotopic (exact) mass is 209 g/mol. The second-order valence-corrected chi connectivity index (χ2v) is 3.37. The minimum Gasteiger partial charge on any atom is -0.369 e. The van der Waals surface area contributed by atoms with E-state index in [9.17, 15) is 0 Å². The predicted octanol–water partition coefficient (Wildman–Crippen LogP) is 1.91. The van der Waals surface area contributed by atoms with Crippen LogP contribution in [0.3, 0.4) is 0 Å². The van der Waals surface area contributed by atoms with Crippen LogP contribution in [0, 0.1) is 0 Å². The first-order valence-corrected chi connectivity index (χ1v) is 5.54. The summed E-state index contributed by atoms with van der Waals surface area (Å²) in [5, 5.41) is 14.1. The fraction of sp³-hybridized carbons (Fsp3) is 0.700. The first-order valence-electron chi connectivity index (χ1n) is 5.54. The van der Waals surface area contributed by atoms with Crippen molar-refractivity contribution in [2.75, 3.05) is 23.7 Å². The molecule has 0 aliphatic heterocycles. The Kier molecular flexibility index (Phi) is 5.43. The zero-order valence-corrected chi connectivity index (χ0v) is 9.45. The lowest BCUT2D eigenvalue weighted by Crippen LogP contribution is -2.09. The molecule has 5 heteroatoms. The highest BCUT2D eigenvalue weighted by atomic mass is 15.3. The normalized spacial score (nSPS) is 10.0. The number of hydrogen-bond donors (Lipinski definition) is 2. The number of anilines is 2. The summed E-state index contributed by atoms with van der Waals surface area (Å²) in [6.07, 6.45) is 4.99. The number of nitrogens with one attached hydrogen (secondary N) is 2. The number of nitrogens with zero attached hydrogens (tertiary/aromatic N) is 3. The molecule has 0 unspecified atom stereocenters. The van der Waals surface area contributed by atoms with E-state index in [0.717, 1.165) is 38.2 Å².